The van der Waals surface area contributed by atoms with Crippen molar-refractivity contribution in [2.45, 2.75) is 13.0 Å². The SMILES string of the molecule is COc1ccc(Cc2nc3ccccc3n2CCOc2ccc(OC)cc2)cc1. The van der Waals surface area contributed by atoms with Crippen LogP contribution in [0.4, 0.5) is 0 Å². The van der Waals surface area contributed by atoms with E-state index < -0.39 is 0 Å². The van der Waals surface area contributed by atoms with Crippen molar-refractivity contribution in [2.24, 2.45) is 0 Å². The van der Waals surface area contributed by atoms with Crippen molar-refractivity contribution < 1.29 is 14.2 Å². The lowest BCUT2D eigenvalue weighted by Gasteiger charge is -2.11. The Morgan fingerprint density at radius 3 is 2.07 bits per heavy atom. The van der Waals surface area contributed by atoms with E-state index in [2.05, 4.69) is 22.8 Å². The molecule has 0 atom stereocenters. The van der Waals surface area contributed by atoms with Crippen LogP contribution in [0.2, 0.25) is 0 Å². The van der Waals surface area contributed by atoms with Gasteiger partial charge in [-0.25, -0.2) is 4.98 Å². The van der Waals surface area contributed by atoms with Gasteiger partial charge < -0.3 is 18.8 Å². The zero-order chi connectivity index (χ0) is 20.1. The Kier molecular flexibility index (Phi) is 5.66. The number of methoxy groups -OCH3 is 2. The van der Waals surface area contributed by atoms with Gasteiger partial charge in [0.25, 0.3) is 0 Å². The molecule has 0 amide bonds. The highest BCUT2D eigenvalue weighted by Crippen LogP contribution is 2.21. The summed E-state index contributed by atoms with van der Waals surface area (Å²) in [7, 11) is 3.33. The third-order valence-electron chi connectivity index (χ3n) is 4.90. The van der Waals surface area contributed by atoms with E-state index in [0.29, 0.717) is 6.61 Å². The predicted octanol–water partition coefficient (Wildman–Crippen LogP) is 4.72. The van der Waals surface area contributed by atoms with Crippen molar-refractivity contribution in [1.29, 1.82) is 0 Å². The first-order valence-electron chi connectivity index (χ1n) is 9.61. The van der Waals surface area contributed by atoms with Crippen molar-refractivity contribution in [3.05, 3.63) is 84.2 Å². The maximum absolute atomic E-state index is 5.94. The fourth-order valence-corrected chi connectivity index (χ4v) is 3.36. The summed E-state index contributed by atoms with van der Waals surface area (Å²) in [6.07, 6.45) is 0.751. The molecule has 0 saturated carbocycles. The topological polar surface area (TPSA) is 45.5 Å². The number of hydrogen-bond acceptors (Lipinski definition) is 4. The summed E-state index contributed by atoms with van der Waals surface area (Å²) in [6.45, 7) is 1.28. The summed E-state index contributed by atoms with van der Waals surface area (Å²) in [6, 6.07) is 24.0. The number of imidazole rings is 1. The van der Waals surface area contributed by atoms with Gasteiger partial charge in [-0.3, -0.25) is 0 Å². The second kappa shape index (κ2) is 8.69. The van der Waals surface area contributed by atoms with Gasteiger partial charge in [0.15, 0.2) is 0 Å². The zero-order valence-corrected chi connectivity index (χ0v) is 16.7. The van der Waals surface area contributed by atoms with Crippen molar-refractivity contribution in [3.8, 4) is 17.2 Å². The lowest BCUT2D eigenvalue weighted by Crippen LogP contribution is -2.11. The Morgan fingerprint density at radius 1 is 0.759 bits per heavy atom. The molecule has 1 heterocycles. The van der Waals surface area contributed by atoms with Crippen molar-refractivity contribution in [3.63, 3.8) is 0 Å². The van der Waals surface area contributed by atoms with E-state index in [0.717, 1.165) is 47.1 Å². The van der Waals surface area contributed by atoms with Crippen LogP contribution in [0, 0.1) is 0 Å². The number of ether oxygens (including phenoxy) is 3. The van der Waals surface area contributed by atoms with Crippen LogP contribution >= 0.6 is 0 Å². The maximum Gasteiger partial charge on any atom is 0.119 e. The molecule has 5 heteroatoms. The van der Waals surface area contributed by atoms with Crippen LogP contribution < -0.4 is 14.2 Å². The number of aromatic nitrogens is 2. The Labute approximate surface area is 170 Å². The molecule has 0 aliphatic heterocycles. The molecule has 0 spiro atoms. The molecule has 0 aliphatic carbocycles. The molecule has 1 aromatic heterocycles. The molecular weight excluding hydrogens is 364 g/mol. The molecule has 29 heavy (non-hydrogen) atoms. The van der Waals surface area contributed by atoms with E-state index in [9.17, 15) is 0 Å². The average Bonchev–Trinajstić information content (AvgIpc) is 3.12. The third-order valence-corrected chi connectivity index (χ3v) is 4.90. The summed E-state index contributed by atoms with van der Waals surface area (Å²) in [5.41, 5.74) is 3.31. The van der Waals surface area contributed by atoms with Gasteiger partial charge in [-0.15, -0.1) is 0 Å². The van der Waals surface area contributed by atoms with E-state index >= 15 is 0 Å². The fraction of sp³-hybridized carbons (Fsp3) is 0.208. The smallest absolute Gasteiger partial charge is 0.119 e. The van der Waals surface area contributed by atoms with E-state index in [4.69, 9.17) is 19.2 Å². The van der Waals surface area contributed by atoms with Gasteiger partial charge in [-0.05, 0) is 54.1 Å². The standard InChI is InChI=1S/C24H24N2O3/c1-27-19-9-7-18(8-10-19)17-24-25-22-5-3-4-6-23(22)26(24)15-16-29-21-13-11-20(28-2)12-14-21/h3-14H,15-17H2,1-2H3. The van der Waals surface area contributed by atoms with Crippen molar-refractivity contribution >= 4 is 11.0 Å². The van der Waals surface area contributed by atoms with E-state index in [1.165, 1.54) is 5.56 Å². The molecule has 0 unspecified atom stereocenters. The van der Waals surface area contributed by atoms with Crippen molar-refractivity contribution in [1.82, 2.24) is 9.55 Å². The summed E-state index contributed by atoms with van der Waals surface area (Å²) in [4.78, 5) is 4.86. The largest absolute Gasteiger partial charge is 0.497 e. The van der Waals surface area contributed by atoms with Gasteiger partial charge in [0.2, 0.25) is 0 Å². The Hall–Kier alpha value is -3.47. The van der Waals surface area contributed by atoms with Crippen LogP contribution in [0.1, 0.15) is 11.4 Å². The van der Waals surface area contributed by atoms with Gasteiger partial charge in [0.05, 0.1) is 31.8 Å². The predicted molar refractivity (Wildman–Crippen MR) is 114 cm³/mol. The van der Waals surface area contributed by atoms with Gasteiger partial charge in [0.1, 0.15) is 29.7 Å². The first-order chi connectivity index (χ1) is 14.3. The lowest BCUT2D eigenvalue weighted by molar-refractivity contribution is 0.298. The Bertz CT molecular complexity index is 1070. The van der Waals surface area contributed by atoms with Gasteiger partial charge in [-0.1, -0.05) is 24.3 Å². The van der Waals surface area contributed by atoms with Crippen molar-refractivity contribution in [2.75, 3.05) is 20.8 Å². The molecule has 0 bridgehead atoms. The molecule has 3 aromatic carbocycles. The molecule has 5 nitrogen and oxygen atoms in total. The molecule has 0 saturated heterocycles. The van der Waals surface area contributed by atoms with Gasteiger partial charge in [0, 0.05) is 6.42 Å². The summed E-state index contributed by atoms with van der Waals surface area (Å²) >= 11 is 0. The number of benzene rings is 3. The summed E-state index contributed by atoms with van der Waals surface area (Å²) in [5.74, 6) is 3.52. The first-order valence-corrected chi connectivity index (χ1v) is 9.61. The number of para-hydroxylation sites is 2. The highest BCUT2D eigenvalue weighted by Gasteiger charge is 2.11. The van der Waals surface area contributed by atoms with E-state index in [1.807, 2.05) is 54.6 Å². The summed E-state index contributed by atoms with van der Waals surface area (Å²) < 4.78 is 18.6. The summed E-state index contributed by atoms with van der Waals surface area (Å²) in [5, 5.41) is 0. The molecule has 0 aliphatic rings. The normalized spacial score (nSPS) is 10.8. The van der Waals surface area contributed by atoms with Crippen LogP contribution in [0.15, 0.2) is 72.8 Å². The second-order valence-electron chi connectivity index (χ2n) is 6.72. The Morgan fingerprint density at radius 2 is 1.38 bits per heavy atom. The van der Waals surface area contributed by atoms with Crippen LogP contribution in [0.3, 0.4) is 0 Å². The third kappa shape index (κ3) is 4.35. The molecule has 0 fully saturated rings. The van der Waals surface area contributed by atoms with Gasteiger partial charge >= 0.3 is 0 Å². The van der Waals surface area contributed by atoms with E-state index in [1.54, 1.807) is 14.2 Å². The zero-order valence-electron chi connectivity index (χ0n) is 16.7. The minimum Gasteiger partial charge on any atom is -0.497 e. The van der Waals surface area contributed by atoms with Crippen LogP contribution in [0.25, 0.3) is 11.0 Å². The molecule has 0 radical (unpaired) electrons. The van der Waals surface area contributed by atoms with Crippen LogP contribution in [0.5, 0.6) is 17.2 Å². The number of hydrogen-bond donors (Lipinski definition) is 0. The molecule has 148 valence electrons. The first kappa shape index (κ1) is 18.9. The molecule has 4 rings (SSSR count). The second-order valence-corrected chi connectivity index (χ2v) is 6.72. The molecular formula is C24H24N2O3. The number of nitrogens with zero attached hydrogens (tertiary/aromatic N) is 2. The van der Waals surface area contributed by atoms with Crippen LogP contribution in [-0.2, 0) is 13.0 Å². The van der Waals surface area contributed by atoms with Crippen LogP contribution in [-0.4, -0.2) is 30.4 Å². The minimum atomic E-state index is 0.558. The molecule has 0 N–H and O–H groups in total. The highest BCUT2D eigenvalue weighted by atomic mass is 16.5. The minimum absolute atomic E-state index is 0.558. The number of fused-ring (bicyclic) bond motifs is 1. The van der Waals surface area contributed by atoms with Gasteiger partial charge in [-0.2, -0.15) is 0 Å². The fourth-order valence-electron chi connectivity index (χ4n) is 3.36. The van der Waals surface area contributed by atoms with E-state index in [-0.39, 0.29) is 0 Å². The maximum atomic E-state index is 5.94. The monoisotopic (exact) mass is 388 g/mol. The molecule has 4 aromatic rings. The quantitative estimate of drug-likeness (QED) is 0.438. The highest BCUT2D eigenvalue weighted by molar-refractivity contribution is 5.76. The number of rotatable bonds is 8. The lowest BCUT2D eigenvalue weighted by atomic mass is 10.1. The average molecular weight is 388 g/mol. The Balaban J connectivity index is 1.52.